The zero-order valence-electron chi connectivity index (χ0n) is 9.02. The van der Waals surface area contributed by atoms with Crippen LogP contribution in [0.5, 0.6) is 5.75 Å². The number of ether oxygens (including phenoxy) is 1. The van der Waals surface area contributed by atoms with E-state index in [1.54, 1.807) is 18.2 Å². The molecular weight excluding hydrogens is 220 g/mol. The van der Waals surface area contributed by atoms with Gasteiger partial charge in [0.1, 0.15) is 5.75 Å². The second-order valence-electron chi connectivity index (χ2n) is 3.70. The van der Waals surface area contributed by atoms with E-state index in [0.29, 0.717) is 16.9 Å². The van der Waals surface area contributed by atoms with Gasteiger partial charge in [0, 0.05) is 5.56 Å². The summed E-state index contributed by atoms with van der Waals surface area (Å²) in [5, 5.41) is 0. The predicted molar refractivity (Wildman–Crippen MR) is 58.6 cm³/mol. The van der Waals surface area contributed by atoms with E-state index in [4.69, 9.17) is 9.15 Å². The first-order valence-corrected chi connectivity index (χ1v) is 5.08. The summed E-state index contributed by atoms with van der Waals surface area (Å²) in [6.45, 7) is 0. The molecule has 1 aliphatic carbocycles. The van der Waals surface area contributed by atoms with Crippen molar-refractivity contribution in [1.29, 1.82) is 0 Å². The zero-order chi connectivity index (χ0) is 12.0. The summed E-state index contributed by atoms with van der Waals surface area (Å²) in [5.41, 5.74) is 0.960. The minimum atomic E-state index is -0.308. The molecule has 4 nitrogen and oxygen atoms in total. The molecule has 17 heavy (non-hydrogen) atoms. The summed E-state index contributed by atoms with van der Waals surface area (Å²) in [6, 6.07) is 6.47. The van der Waals surface area contributed by atoms with Gasteiger partial charge in [-0.05, 0) is 12.1 Å². The minimum absolute atomic E-state index is 0.0898. The Balaban J connectivity index is 2.34. The van der Waals surface area contributed by atoms with Gasteiger partial charge in [-0.15, -0.1) is 0 Å². The van der Waals surface area contributed by atoms with Gasteiger partial charge in [0.05, 0.1) is 24.5 Å². The maximum Gasteiger partial charge on any atom is 0.233 e. The molecule has 0 aliphatic heterocycles. The van der Waals surface area contributed by atoms with E-state index in [0.717, 1.165) is 0 Å². The van der Waals surface area contributed by atoms with Crippen molar-refractivity contribution in [2.24, 2.45) is 0 Å². The van der Waals surface area contributed by atoms with E-state index in [9.17, 15) is 9.59 Å². The van der Waals surface area contributed by atoms with Crippen molar-refractivity contribution in [3.8, 4) is 5.75 Å². The molecule has 0 atom stereocenters. The van der Waals surface area contributed by atoms with Gasteiger partial charge in [-0.1, -0.05) is 12.1 Å². The van der Waals surface area contributed by atoms with Crippen molar-refractivity contribution in [1.82, 2.24) is 0 Å². The Morgan fingerprint density at radius 2 is 1.88 bits per heavy atom. The topological polar surface area (TPSA) is 56.5 Å². The van der Waals surface area contributed by atoms with Gasteiger partial charge in [0.15, 0.2) is 11.5 Å². The average Bonchev–Trinajstić information content (AvgIpc) is 2.84. The first-order valence-electron chi connectivity index (χ1n) is 5.08. The largest absolute Gasteiger partial charge is 0.496 e. The van der Waals surface area contributed by atoms with E-state index < -0.39 is 0 Å². The van der Waals surface area contributed by atoms with E-state index >= 15 is 0 Å². The molecule has 0 radical (unpaired) electrons. The molecule has 2 aromatic rings. The number of rotatable bonds is 1. The van der Waals surface area contributed by atoms with Crippen LogP contribution in [0, 0.1) is 0 Å². The quantitative estimate of drug-likeness (QED) is 0.639. The number of benzene rings is 1. The summed E-state index contributed by atoms with van der Waals surface area (Å²) in [4.78, 5) is 24.3. The van der Waals surface area contributed by atoms with Gasteiger partial charge in [-0.3, -0.25) is 9.59 Å². The third-order valence-corrected chi connectivity index (χ3v) is 2.83. The number of ketones is 2. The second-order valence-corrected chi connectivity index (χ2v) is 3.70. The van der Waals surface area contributed by atoms with Crippen LogP contribution in [0.1, 0.15) is 32.0 Å². The number of methoxy groups -OCH3 is 1. The highest BCUT2D eigenvalue weighted by Gasteiger charge is 2.34. The van der Waals surface area contributed by atoms with Crippen LogP contribution in [0.2, 0.25) is 0 Å². The molecule has 0 saturated heterocycles. The lowest BCUT2D eigenvalue weighted by atomic mass is 9.88. The normalized spacial score (nSPS) is 13.2. The van der Waals surface area contributed by atoms with Crippen molar-refractivity contribution in [3.63, 3.8) is 0 Å². The fourth-order valence-electron chi connectivity index (χ4n) is 2.05. The fraction of sp³-hybridized carbons (Fsp3) is 0.0769. The fourth-order valence-corrected chi connectivity index (χ4v) is 2.05. The Morgan fingerprint density at radius 1 is 1.06 bits per heavy atom. The zero-order valence-corrected chi connectivity index (χ0v) is 9.02. The molecule has 1 aliphatic rings. The Bertz CT molecular complexity index is 637. The van der Waals surface area contributed by atoms with Gasteiger partial charge in [-0.25, -0.2) is 0 Å². The van der Waals surface area contributed by atoms with E-state index in [2.05, 4.69) is 0 Å². The maximum absolute atomic E-state index is 12.2. The summed E-state index contributed by atoms with van der Waals surface area (Å²) in [5.74, 6) is -0.0331. The van der Waals surface area contributed by atoms with Crippen LogP contribution in [0.25, 0.3) is 0 Å². The van der Waals surface area contributed by atoms with Crippen LogP contribution in [0.3, 0.4) is 0 Å². The highest BCUT2D eigenvalue weighted by atomic mass is 16.5. The van der Waals surface area contributed by atoms with Crippen LogP contribution in [0.15, 0.2) is 34.9 Å². The summed E-state index contributed by atoms with van der Waals surface area (Å²) < 4.78 is 10.2. The third-order valence-electron chi connectivity index (χ3n) is 2.83. The minimum Gasteiger partial charge on any atom is -0.496 e. The van der Waals surface area contributed by atoms with Crippen molar-refractivity contribution >= 4 is 11.6 Å². The summed E-state index contributed by atoms with van der Waals surface area (Å²) in [6.07, 6.45) is 1.35. The molecule has 1 aromatic heterocycles. The van der Waals surface area contributed by atoms with Gasteiger partial charge in [0.2, 0.25) is 5.78 Å². The number of hydrogen-bond acceptors (Lipinski definition) is 4. The number of fused-ring (bicyclic) bond motifs is 2. The number of carbonyl (C=O) groups is 2. The molecule has 4 heteroatoms. The van der Waals surface area contributed by atoms with E-state index in [1.165, 1.54) is 19.4 Å². The highest BCUT2D eigenvalue weighted by Crippen LogP contribution is 2.33. The Hall–Kier alpha value is -2.36. The number of hydrogen-bond donors (Lipinski definition) is 0. The molecule has 0 saturated carbocycles. The molecule has 84 valence electrons. The molecule has 0 unspecified atom stereocenters. The Kier molecular flexibility index (Phi) is 1.92. The Morgan fingerprint density at radius 3 is 2.65 bits per heavy atom. The van der Waals surface area contributed by atoms with Gasteiger partial charge >= 0.3 is 0 Å². The summed E-state index contributed by atoms with van der Waals surface area (Å²) >= 11 is 0. The second kappa shape index (κ2) is 3.31. The van der Waals surface area contributed by atoms with E-state index in [-0.39, 0.29) is 22.9 Å². The first kappa shape index (κ1) is 9.84. The Labute approximate surface area is 96.8 Å². The average molecular weight is 228 g/mol. The van der Waals surface area contributed by atoms with Crippen molar-refractivity contribution in [2.75, 3.05) is 7.11 Å². The van der Waals surface area contributed by atoms with Crippen molar-refractivity contribution in [3.05, 3.63) is 53.0 Å². The standard InChI is InChI=1S/C13H8O4/c1-16-9-4-2-3-7-10(9)12(15)13-8(11(7)14)5-6-17-13/h2-6H,1H3. The molecule has 0 bridgehead atoms. The monoisotopic (exact) mass is 228 g/mol. The highest BCUT2D eigenvalue weighted by molar-refractivity contribution is 6.28. The maximum atomic E-state index is 12.2. The lowest BCUT2D eigenvalue weighted by Crippen LogP contribution is -2.19. The molecular formula is C13H8O4. The van der Waals surface area contributed by atoms with Gasteiger partial charge in [-0.2, -0.15) is 0 Å². The SMILES string of the molecule is COc1cccc2c1C(=O)c1occc1C2=O. The summed E-state index contributed by atoms with van der Waals surface area (Å²) in [7, 11) is 1.46. The van der Waals surface area contributed by atoms with Crippen LogP contribution in [0.4, 0.5) is 0 Å². The first-order chi connectivity index (χ1) is 8.24. The molecule has 0 amide bonds. The number of furan rings is 1. The molecule has 0 spiro atoms. The van der Waals surface area contributed by atoms with Crippen LogP contribution < -0.4 is 4.74 Å². The molecule has 1 aromatic carbocycles. The lowest BCUT2D eigenvalue weighted by molar-refractivity contribution is 0.0957. The molecule has 0 N–H and O–H groups in total. The van der Waals surface area contributed by atoms with Crippen molar-refractivity contribution in [2.45, 2.75) is 0 Å². The van der Waals surface area contributed by atoms with Crippen LogP contribution >= 0.6 is 0 Å². The number of carbonyl (C=O) groups excluding carboxylic acids is 2. The van der Waals surface area contributed by atoms with Crippen LogP contribution in [-0.2, 0) is 0 Å². The van der Waals surface area contributed by atoms with E-state index in [1.807, 2.05) is 0 Å². The third kappa shape index (κ3) is 1.18. The molecule has 1 heterocycles. The van der Waals surface area contributed by atoms with Gasteiger partial charge in [0.25, 0.3) is 0 Å². The smallest absolute Gasteiger partial charge is 0.233 e. The van der Waals surface area contributed by atoms with Gasteiger partial charge < -0.3 is 9.15 Å². The lowest BCUT2D eigenvalue weighted by Gasteiger charge is -2.15. The molecule has 3 rings (SSSR count). The van der Waals surface area contributed by atoms with Crippen LogP contribution in [-0.4, -0.2) is 18.7 Å². The van der Waals surface area contributed by atoms with Crippen molar-refractivity contribution < 1.29 is 18.7 Å². The molecule has 0 fully saturated rings. The predicted octanol–water partition coefficient (Wildman–Crippen LogP) is 2.06.